The fourth-order valence-electron chi connectivity index (χ4n) is 2.45. The molecule has 1 aromatic rings. The van der Waals surface area contributed by atoms with Gasteiger partial charge in [0.1, 0.15) is 5.54 Å². The van der Waals surface area contributed by atoms with E-state index in [4.69, 9.17) is 16.3 Å². The Morgan fingerprint density at radius 1 is 1.43 bits per heavy atom. The third kappa shape index (κ3) is 5.89. The van der Waals surface area contributed by atoms with Crippen molar-refractivity contribution in [1.29, 1.82) is 0 Å². The third-order valence-corrected chi connectivity index (χ3v) is 4.40. The maximum absolute atomic E-state index is 12.1. The van der Waals surface area contributed by atoms with Crippen molar-refractivity contribution in [3.05, 3.63) is 29.3 Å². The molecule has 0 radical (unpaired) electrons. The van der Waals surface area contributed by atoms with Crippen molar-refractivity contribution < 1.29 is 9.53 Å². The van der Waals surface area contributed by atoms with E-state index in [2.05, 4.69) is 12.2 Å². The van der Waals surface area contributed by atoms with Crippen LogP contribution in [0.3, 0.4) is 0 Å². The zero-order valence-electron chi connectivity index (χ0n) is 13.3. The Morgan fingerprint density at radius 3 is 2.62 bits per heavy atom. The van der Waals surface area contributed by atoms with E-state index in [1.165, 1.54) is 7.11 Å². The van der Waals surface area contributed by atoms with Gasteiger partial charge in [0.15, 0.2) is 0 Å². The average molecular weight is 330 g/mol. The Morgan fingerprint density at radius 2 is 2.10 bits per heavy atom. The zero-order chi connectivity index (χ0) is 16.0. The molecule has 0 saturated heterocycles. The quantitative estimate of drug-likeness (QED) is 0.602. The van der Waals surface area contributed by atoms with E-state index in [-0.39, 0.29) is 17.3 Å². The Kier molecular flexibility index (Phi) is 7.04. The highest BCUT2D eigenvalue weighted by Crippen LogP contribution is 2.30. The predicted octanol–water partition coefficient (Wildman–Crippen LogP) is 4.14. The van der Waals surface area contributed by atoms with Crippen molar-refractivity contribution in [1.82, 2.24) is 5.32 Å². The van der Waals surface area contributed by atoms with Gasteiger partial charge in [0, 0.05) is 21.2 Å². The Balaban J connectivity index is 2.76. The van der Waals surface area contributed by atoms with Gasteiger partial charge in [-0.1, -0.05) is 24.6 Å². The van der Waals surface area contributed by atoms with Gasteiger partial charge in [0.05, 0.1) is 7.11 Å². The molecule has 0 spiro atoms. The lowest BCUT2D eigenvalue weighted by Crippen LogP contribution is -2.54. The number of carbonyl (C=O) groups excluding carboxylic acids is 1. The number of hydrogen-bond acceptors (Lipinski definition) is 4. The number of nitrogens with one attached hydrogen (secondary N) is 1. The largest absolute Gasteiger partial charge is 0.468 e. The van der Waals surface area contributed by atoms with E-state index in [9.17, 15) is 4.79 Å². The van der Waals surface area contributed by atoms with Crippen LogP contribution in [0.2, 0.25) is 5.02 Å². The van der Waals surface area contributed by atoms with Gasteiger partial charge in [0.2, 0.25) is 0 Å². The summed E-state index contributed by atoms with van der Waals surface area (Å²) in [6.45, 7) is 8.05. The molecule has 0 bridgehead atoms. The lowest BCUT2D eigenvalue weighted by Gasteiger charge is -2.32. The minimum Gasteiger partial charge on any atom is -0.468 e. The number of benzene rings is 1. The van der Waals surface area contributed by atoms with E-state index in [1.54, 1.807) is 11.8 Å². The van der Waals surface area contributed by atoms with E-state index in [0.29, 0.717) is 6.42 Å². The topological polar surface area (TPSA) is 38.3 Å². The van der Waals surface area contributed by atoms with Crippen molar-refractivity contribution >= 4 is 29.3 Å². The SMILES string of the molecule is COC(=O)C(C)(CC(C)Sc1cccc(Cl)c1)NC(C)C. The van der Waals surface area contributed by atoms with Crippen molar-refractivity contribution in [2.75, 3.05) is 7.11 Å². The number of hydrogen-bond donors (Lipinski definition) is 1. The Bertz CT molecular complexity index is 481. The summed E-state index contributed by atoms with van der Waals surface area (Å²) in [4.78, 5) is 13.2. The highest BCUT2D eigenvalue weighted by atomic mass is 35.5. The fourth-order valence-corrected chi connectivity index (χ4v) is 3.94. The lowest BCUT2D eigenvalue weighted by atomic mass is 9.95. The third-order valence-electron chi connectivity index (χ3n) is 3.07. The number of methoxy groups -OCH3 is 1. The molecule has 1 N–H and O–H groups in total. The first-order valence-corrected chi connectivity index (χ1v) is 8.31. The molecule has 1 aromatic carbocycles. The van der Waals surface area contributed by atoms with Crippen molar-refractivity contribution in [3.8, 4) is 0 Å². The summed E-state index contributed by atoms with van der Waals surface area (Å²) in [5, 5.41) is 4.30. The molecule has 118 valence electrons. The molecule has 5 heteroatoms. The van der Waals surface area contributed by atoms with Crippen LogP contribution in [-0.2, 0) is 9.53 Å². The smallest absolute Gasteiger partial charge is 0.325 e. The summed E-state index contributed by atoms with van der Waals surface area (Å²) in [5.74, 6) is -0.227. The van der Waals surface area contributed by atoms with Crippen molar-refractivity contribution in [2.24, 2.45) is 0 Å². The van der Waals surface area contributed by atoms with Gasteiger partial charge in [-0.3, -0.25) is 10.1 Å². The number of thioether (sulfide) groups is 1. The van der Waals surface area contributed by atoms with E-state index in [1.807, 2.05) is 45.0 Å². The summed E-state index contributed by atoms with van der Waals surface area (Å²) in [6, 6.07) is 7.96. The van der Waals surface area contributed by atoms with Crippen molar-refractivity contribution in [2.45, 2.75) is 55.8 Å². The van der Waals surface area contributed by atoms with E-state index < -0.39 is 5.54 Å². The molecule has 0 saturated carbocycles. The molecule has 21 heavy (non-hydrogen) atoms. The summed E-state index contributed by atoms with van der Waals surface area (Å²) < 4.78 is 4.95. The number of carbonyl (C=O) groups is 1. The Labute approximate surface area is 136 Å². The molecule has 0 aromatic heterocycles. The summed E-state index contributed by atoms with van der Waals surface area (Å²) >= 11 is 7.71. The molecule has 0 amide bonds. The number of halogens is 1. The second-order valence-electron chi connectivity index (χ2n) is 5.71. The van der Waals surface area contributed by atoms with E-state index >= 15 is 0 Å². The standard InChI is InChI=1S/C16H24ClNO2S/c1-11(2)18-16(4,15(19)20-5)10-12(3)21-14-8-6-7-13(17)9-14/h6-9,11-12,18H,10H2,1-5H3. The number of ether oxygens (including phenoxy) is 1. The van der Waals surface area contributed by atoms with Gasteiger partial charge in [-0.25, -0.2) is 0 Å². The van der Waals surface area contributed by atoms with Gasteiger partial charge < -0.3 is 4.74 Å². The van der Waals surface area contributed by atoms with Crippen LogP contribution in [0.15, 0.2) is 29.2 Å². The minimum absolute atomic E-state index is 0.206. The Hall–Kier alpha value is -0.710. The van der Waals surface area contributed by atoms with Gasteiger partial charge in [-0.05, 0) is 45.4 Å². The summed E-state index contributed by atoms with van der Waals surface area (Å²) in [6.07, 6.45) is 0.676. The van der Waals surface area contributed by atoms with Crippen LogP contribution in [0.5, 0.6) is 0 Å². The molecule has 0 fully saturated rings. The molecular formula is C16H24ClNO2S. The second kappa shape index (κ2) is 8.06. The van der Waals surface area contributed by atoms with Gasteiger partial charge in [-0.15, -0.1) is 11.8 Å². The van der Waals surface area contributed by atoms with Crippen LogP contribution in [0.4, 0.5) is 0 Å². The van der Waals surface area contributed by atoms with Crippen molar-refractivity contribution in [3.63, 3.8) is 0 Å². The monoisotopic (exact) mass is 329 g/mol. The van der Waals surface area contributed by atoms with Crippen LogP contribution >= 0.6 is 23.4 Å². The van der Waals surface area contributed by atoms with E-state index in [0.717, 1.165) is 9.92 Å². The first kappa shape index (κ1) is 18.3. The summed E-state index contributed by atoms with van der Waals surface area (Å²) in [7, 11) is 1.43. The van der Waals surface area contributed by atoms with Gasteiger partial charge >= 0.3 is 5.97 Å². The molecule has 2 atom stereocenters. The van der Waals surface area contributed by atoms with Crippen LogP contribution in [-0.4, -0.2) is 29.9 Å². The molecule has 0 aliphatic rings. The van der Waals surface area contributed by atoms with Crippen LogP contribution in [0.25, 0.3) is 0 Å². The maximum Gasteiger partial charge on any atom is 0.325 e. The summed E-state index contributed by atoms with van der Waals surface area (Å²) in [5.41, 5.74) is -0.687. The first-order chi connectivity index (χ1) is 9.76. The molecule has 3 nitrogen and oxygen atoms in total. The highest BCUT2D eigenvalue weighted by molar-refractivity contribution is 8.00. The molecule has 0 aliphatic carbocycles. The molecular weight excluding hydrogens is 306 g/mol. The number of esters is 1. The average Bonchev–Trinajstić information content (AvgIpc) is 2.36. The lowest BCUT2D eigenvalue weighted by molar-refractivity contribution is -0.148. The molecule has 0 heterocycles. The zero-order valence-corrected chi connectivity index (χ0v) is 14.8. The normalized spacial score (nSPS) is 15.6. The predicted molar refractivity (Wildman–Crippen MR) is 90.1 cm³/mol. The van der Waals surface area contributed by atoms with Gasteiger partial charge in [-0.2, -0.15) is 0 Å². The van der Waals surface area contributed by atoms with Crippen LogP contribution in [0.1, 0.15) is 34.1 Å². The van der Waals surface area contributed by atoms with Crippen LogP contribution < -0.4 is 5.32 Å². The maximum atomic E-state index is 12.1. The van der Waals surface area contributed by atoms with Gasteiger partial charge in [0.25, 0.3) is 0 Å². The molecule has 0 aliphatic heterocycles. The fraction of sp³-hybridized carbons (Fsp3) is 0.562. The molecule has 2 unspecified atom stereocenters. The highest BCUT2D eigenvalue weighted by Gasteiger charge is 2.36. The minimum atomic E-state index is -0.687. The second-order valence-corrected chi connectivity index (χ2v) is 7.66. The van der Waals surface area contributed by atoms with Crippen LogP contribution in [0, 0.1) is 0 Å². The molecule has 1 rings (SSSR count). The first-order valence-electron chi connectivity index (χ1n) is 7.05. The number of rotatable bonds is 7.